The standard InChI is InChI=1S/C12H14N2O4/c1-2-18-12(17)11(16)10(15)7-4-3-5-8-9(7)14-6-13-8/h3-6,10-11,15-16H,2H2,1H3,(H,13,14). The third-order valence-corrected chi connectivity index (χ3v) is 2.63. The van der Waals surface area contributed by atoms with Crippen molar-refractivity contribution in [3.63, 3.8) is 0 Å². The molecule has 18 heavy (non-hydrogen) atoms. The number of hydrogen-bond donors (Lipinski definition) is 3. The number of carbonyl (C=O) groups is 1. The fourth-order valence-corrected chi connectivity index (χ4v) is 1.75. The summed E-state index contributed by atoms with van der Waals surface area (Å²) in [6, 6.07) is 5.10. The van der Waals surface area contributed by atoms with Gasteiger partial charge < -0.3 is 19.9 Å². The van der Waals surface area contributed by atoms with Crippen molar-refractivity contribution in [3.05, 3.63) is 30.1 Å². The van der Waals surface area contributed by atoms with Gasteiger partial charge in [0.05, 0.1) is 24.0 Å². The number of benzene rings is 1. The van der Waals surface area contributed by atoms with Crippen LogP contribution in [0.25, 0.3) is 11.0 Å². The molecule has 0 aliphatic heterocycles. The number of imidazole rings is 1. The molecule has 2 rings (SSSR count). The van der Waals surface area contributed by atoms with Crippen LogP contribution in [0.2, 0.25) is 0 Å². The molecular weight excluding hydrogens is 236 g/mol. The number of nitrogens with one attached hydrogen (secondary N) is 1. The number of hydrogen-bond acceptors (Lipinski definition) is 5. The first-order valence-corrected chi connectivity index (χ1v) is 5.60. The van der Waals surface area contributed by atoms with E-state index < -0.39 is 18.2 Å². The number of aromatic amines is 1. The lowest BCUT2D eigenvalue weighted by Gasteiger charge is -2.16. The van der Waals surface area contributed by atoms with Gasteiger partial charge in [-0.1, -0.05) is 12.1 Å². The number of esters is 1. The molecule has 1 heterocycles. The monoisotopic (exact) mass is 250 g/mol. The van der Waals surface area contributed by atoms with Crippen molar-refractivity contribution in [3.8, 4) is 0 Å². The van der Waals surface area contributed by atoms with Crippen molar-refractivity contribution in [2.75, 3.05) is 6.61 Å². The molecule has 2 aromatic rings. The second-order valence-corrected chi connectivity index (χ2v) is 3.79. The lowest BCUT2D eigenvalue weighted by Crippen LogP contribution is -2.30. The number of nitrogens with zero attached hydrogens (tertiary/aromatic N) is 1. The summed E-state index contributed by atoms with van der Waals surface area (Å²) in [6.45, 7) is 1.78. The maximum Gasteiger partial charge on any atom is 0.338 e. The highest BCUT2D eigenvalue weighted by molar-refractivity contribution is 5.81. The van der Waals surface area contributed by atoms with Crippen molar-refractivity contribution >= 4 is 17.0 Å². The Morgan fingerprint density at radius 2 is 2.28 bits per heavy atom. The quantitative estimate of drug-likeness (QED) is 0.687. The first kappa shape index (κ1) is 12.5. The van der Waals surface area contributed by atoms with Crippen LogP contribution >= 0.6 is 0 Å². The number of ether oxygens (including phenoxy) is 1. The van der Waals surface area contributed by atoms with Crippen LogP contribution in [-0.2, 0) is 9.53 Å². The van der Waals surface area contributed by atoms with Gasteiger partial charge in [0.1, 0.15) is 6.10 Å². The summed E-state index contributed by atoms with van der Waals surface area (Å²) in [6.07, 6.45) is -1.50. The highest BCUT2D eigenvalue weighted by Crippen LogP contribution is 2.24. The van der Waals surface area contributed by atoms with Crippen molar-refractivity contribution < 1.29 is 19.7 Å². The molecule has 2 atom stereocenters. The van der Waals surface area contributed by atoms with E-state index in [4.69, 9.17) is 0 Å². The molecule has 0 fully saturated rings. The molecule has 6 nitrogen and oxygen atoms in total. The van der Waals surface area contributed by atoms with E-state index in [2.05, 4.69) is 14.7 Å². The van der Waals surface area contributed by atoms with Crippen molar-refractivity contribution in [1.29, 1.82) is 0 Å². The topological polar surface area (TPSA) is 95.4 Å². The minimum atomic E-state index is -1.62. The molecule has 96 valence electrons. The van der Waals surface area contributed by atoms with Gasteiger partial charge in [-0.15, -0.1) is 0 Å². The van der Waals surface area contributed by atoms with Gasteiger partial charge in [-0.25, -0.2) is 9.78 Å². The fraction of sp³-hybridized carbons (Fsp3) is 0.333. The molecule has 0 spiro atoms. The maximum atomic E-state index is 11.4. The molecule has 0 radical (unpaired) electrons. The Kier molecular flexibility index (Phi) is 3.59. The van der Waals surface area contributed by atoms with Crippen LogP contribution in [0.3, 0.4) is 0 Å². The molecular formula is C12H14N2O4. The van der Waals surface area contributed by atoms with Crippen LogP contribution < -0.4 is 0 Å². The molecule has 0 saturated carbocycles. The number of rotatable bonds is 4. The number of aromatic nitrogens is 2. The number of para-hydroxylation sites is 1. The molecule has 0 saturated heterocycles. The summed E-state index contributed by atoms with van der Waals surface area (Å²) in [4.78, 5) is 18.3. The van der Waals surface area contributed by atoms with Crippen molar-refractivity contribution in [2.45, 2.75) is 19.1 Å². The predicted octanol–water partition coefficient (Wildman–Crippen LogP) is 0.520. The highest BCUT2D eigenvalue weighted by Gasteiger charge is 2.28. The van der Waals surface area contributed by atoms with Crippen molar-refractivity contribution in [2.24, 2.45) is 0 Å². The minimum Gasteiger partial charge on any atom is -0.464 e. The third kappa shape index (κ3) is 2.20. The summed E-state index contributed by atoms with van der Waals surface area (Å²) in [5, 5.41) is 19.7. The molecule has 0 aliphatic carbocycles. The number of fused-ring (bicyclic) bond motifs is 1. The van der Waals surface area contributed by atoms with E-state index in [0.29, 0.717) is 11.1 Å². The molecule has 0 aliphatic rings. The van der Waals surface area contributed by atoms with E-state index in [1.165, 1.54) is 6.33 Å². The molecule has 2 unspecified atom stereocenters. The summed E-state index contributed by atoms with van der Waals surface area (Å²) >= 11 is 0. The normalized spacial score (nSPS) is 14.4. The second kappa shape index (κ2) is 5.16. The lowest BCUT2D eigenvalue weighted by molar-refractivity contribution is -0.159. The van der Waals surface area contributed by atoms with Crippen molar-refractivity contribution in [1.82, 2.24) is 9.97 Å². The fourth-order valence-electron chi connectivity index (χ4n) is 1.75. The highest BCUT2D eigenvalue weighted by atomic mass is 16.5. The van der Waals surface area contributed by atoms with E-state index in [-0.39, 0.29) is 6.61 Å². The van der Waals surface area contributed by atoms with Gasteiger partial charge in [-0.3, -0.25) is 0 Å². The Labute approximate surface area is 103 Å². The largest absolute Gasteiger partial charge is 0.464 e. The summed E-state index contributed by atoms with van der Waals surface area (Å²) in [5.41, 5.74) is 1.63. The molecule has 0 bridgehead atoms. The van der Waals surface area contributed by atoms with E-state index in [1.54, 1.807) is 25.1 Å². The minimum absolute atomic E-state index is 0.148. The number of H-pyrrole nitrogens is 1. The second-order valence-electron chi connectivity index (χ2n) is 3.79. The molecule has 0 amide bonds. The zero-order valence-corrected chi connectivity index (χ0v) is 9.83. The number of aliphatic hydroxyl groups excluding tert-OH is 2. The van der Waals surface area contributed by atoms with E-state index >= 15 is 0 Å². The molecule has 1 aromatic carbocycles. The van der Waals surface area contributed by atoms with Crippen LogP contribution in [-0.4, -0.2) is 38.9 Å². The van der Waals surface area contributed by atoms with Gasteiger partial charge in [-0.2, -0.15) is 0 Å². The smallest absolute Gasteiger partial charge is 0.338 e. The zero-order valence-electron chi connectivity index (χ0n) is 9.83. The molecule has 3 N–H and O–H groups in total. The summed E-state index contributed by atoms with van der Waals surface area (Å²) < 4.78 is 4.66. The van der Waals surface area contributed by atoms with Crippen LogP contribution in [0.15, 0.2) is 24.5 Å². The average Bonchev–Trinajstić information content (AvgIpc) is 2.85. The Hall–Kier alpha value is -1.92. The van der Waals surface area contributed by atoms with Gasteiger partial charge in [0, 0.05) is 5.56 Å². The van der Waals surface area contributed by atoms with Crippen LogP contribution in [0.4, 0.5) is 0 Å². The van der Waals surface area contributed by atoms with Gasteiger partial charge in [0.15, 0.2) is 6.10 Å². The molecule has 6 heteroatoms. The van der Waals surface area contributed by atoms with Gasteiger partial charge >= 0.3 is 5.97 Å². The Morgan fingerprint density at radius 1 is 1.50 bits per heavy atom. The Bertz CT molecular complexity index is 552. The number of aliphatic hydroxyl groups is 2. The number of carbonyl (C=O) groups excluding carboxylic acids is 1. The Morgan fingerprint density at radius 3 is 3.00 bits per heavy atom. The third-order valence-electron chi connectivity index (χ3n) is 2.63. The first-order chi connectivity index (χ1) is 8.65. The maximum absolute atomic E-state index is 11.4. The van der Waals surface area contributed by atoms with E-state index in [9.17, 15) is 15.0 Å². The first-order valence-electron chi connectivity index (χ1n) is 5.60. The van der Waals surface area contributed by atoms with Gasteiger partial charge in [0.25, 0.3) is 0 Å². The van der Waals surface area contributed by atoms with Crippen LogP contribution in [0.1, 0.15) is 18.6 Å². The molecule has 1 aromatic heterocycles. The Balaban J connectivity index is 2.30. The SMILES string of the molecule is CCOC(=O)C(O)C(O)c1cccc2[nH]cnc12. The van der Waals surface area contributed by atoms with Crippen LogP contribution in [0, 0.1) is 0 Å². The summed E-state index contributed by atoms with van der Waals surface area (Å²) in [7, 11) is 0. The zero-order chi connectivity index (χ0) is 13.1. The van der Waals surface area contributed by atoms with Gasteiger partial charge in [0.2, 0.25) is 0 Å². The lowest BCUT2D eigenvalue weighted by atomic mass is 10.0. The average molecular weight is 250 g/mol. The van der Waals surface area contributed by atoms with E-state index in [0.717, 1.165) is 5.52 Å². The van der Waals surface area contributed by atoms with Gasteiger partial charge in [-0.05, 0) is 13.0 Å². The predicted molar refractivity (Wildman–Crippen MR) is 63.7 cm³/mol. The summed E-state index contributed by atoms with van der Waals surface area (Å²) in [5.74, 6) is -0.850. The van der Waals surface area contributed by atoms with E-state index in [1.807, 2.05) is 0 Å². The van der Waals surface area contributed by atoms with Crippen LogP contribution in [0.5, 0.6) is 0 Å².